The summed E-state index contributed by atoms with van der Waals surface area (Å²) in [6.07, 6.45) is -0.941. The minimum Gasteiger partial charge on any atom is -0.327 e. The Labute approximate surface area is 47.9 Å². The van der Waals surface area contributed by atoms with Crippen molar-refractivity contribution in [3.05, 3.63) is 6.42 Å². The molecule has 0 saturated heterocycles. The van der Waals surface area contributed by atoms with Crippen LogP contribution in [0.4, 0.5) is 8.78 Å². The Morgan fingerprint density at radius 3 is 2.25 bits per heavy atom. The number of halogens is 2. The maximum Gasteiger partial charge on any atom is 0.240 e. The second-order valence-corrected chi connectivity index (χ2v) is 1.62. The van der Waals surface area contributed by atoms with Crippen LogP contribution in [0.3, 0.4) is 0 Å². The molecule has 0 bridgehead atoms. The van der Waals surface area contributed by atoms with Gasteiger partial charge in [-0.25, -0.2) is 8.78 Å². The van der Waals surface area contributed by atoms with Crippen molar-refractivity contribution in [1.82, 2.24) is 0 Å². The van der Waals surface area contributed by atoms with Crippen LogP contribution in [-0.2, 0) is 0 Å². The van der Waals surface area contributed by atoms with Gasteiger partial charge in [-0.3, -0.25) is 0 Å². The molecule has 3 heteroatoms. The van der Waals surface area contributed by atoms with Crippen LogP contribution < -0.4 is 5.73 Å². The first-order valence-corrected chi connectivity index (χ1v) is 2.50. The predicted molar refractivity (Wildman–Crippen MR) is 28.6 cm³/mol. The summed E-state index contributed by atoms with van der Waals surface area (Å²) < 4.78 is 22.7. The molecule has 1 radical (unpaired) electrons. The van der Waals surface area contributed by atoms with Crippen LogP contribution in [0.2, 0.25) is 0 Å². The summed E-state index contributed by atoms with van der Waals surface area (Å²) in [6, 6.07) is -0.449. The van der Waals surface area contributed by atoms with Gasteiger partial charge in [0, 0.05) is 12.5 Å². The number of rotatable bonds is 3. The van der Waals surface area contributed by atoms with E-state index in [0.29, 0.717) is 0 Å². The van der Waals surface area contributed by atoms with E-state index in [1.807, 2.05) is 0 Å². The van der Waals surface area contributed by atoms with E-state index in [0.717, 1.165) is 0 Å². The molecule has 0 aliphatic carbocycles. The van der Waals surface area contributed by atoms with Gasteiger partial charge in [-0.2, -0.15) is 0 Å². The van der Waals surface area contributed by atoms with Crippen molar-refractivity contribution >= 4 is 0 Å². The molecule has 0 aliphatic heterocycles. The van der Waals surface area contributed by atoms with Crippen molar-refractivity contribution in [2.75, 3.05) is 0 Å². The summed E-state index contributed by atoms with van der Waals surface area (Å²) in [5.41, 5.74) is 5.14. The molecular formula is C5H10F2N. The third kappa shape index (κ3) is 3.99. The normalized spacial score (nSPS) is 14.6. The average molecular weight is 122 g/mol. The molecule has 0 aromatic heterocycles. The molecule has 0 aromatic carbocycles. The fourth-order valence-electron chi connectivity index (χ4n) is 0.342. The van der Waals surface area contributed by atoms with Gasteiger partial charge in [-0.1, -0.05) is 6.92 Å². The summed E-state index contributed by atoms with van der Waals surface area (Å²) in [5, 5.41) is 0. The zero-order valence-electron chi connectivity index (χ0n) is 4.77. The Morgan fingerprint density at radius 2 is 2.12 bits per heavy atom. The summed E-state index contributed by atoms with van der Waals surface area (Å²) in [7, 11) is 0. The zero-order chi connectivity index (χ0) is 6.57. The monoisotopic (exact) mass is 122 g/mol. The second kappa shape index (κ2) is 3.78. The van der Waals surface area contributed by atoms with Crippen LogP contribution in [0.1, 0.15) is 13.3 Å². The van der Waals surface area contributed by atoms with Gasteiger partial charge < -0.3 is 5.73 Å². The fourth-order valence-corrected chi connectivity index (χ4v) is 0.342. The van der Waals surface area contributed by atoms with Gasteiger partial charge in [0.25, 0.3) is 0 Å². The van der Waals surface area contributed by atoms with Crippen LogP contribution >= 0.6 is 0 Å². The molecule has 1 nitrogen and oxygen atoms in total. The molecule has 0 heterocycles. The lowest BCUT2D eigenvalue weighted by Crippen LogP contribution is -2.21. The van der Waals surface area contributed by atoms with Gasteiger partial charge >= 0.3 is 0 Å². The van der Waals surface area contributed by atoms with Crippen molar-refractivity contribution < 1.29 is 8.78 Å². The number of alkyl halides is 2. The highest BCUT2D eigenvalue weighted by molar-refractivity contribution is 4.74. The van der Waals surface area contributed by atoms with Crippen molar-refractivity contribution in [1.29, 1.82) is 0 Å². The number of hydrogen-bond donors (Lipinski definition) is 1. The SMILES string of the molecule is C[CH]C(N)CC(F)F. The van der Waals surface area contributed by atoms with Crippen LogP contribution in [0, 0.1) is 6.42 Å². The van der Waals surface area contributed by atoms with Crippen molar-refractivity contribution in [3.63, 3.8) is 0 Å². The minimum absolute atomic E-state index is 0.226. The Morgan fingerprint density at radius 1 is 1.62 bits per heavy atom. The molecule has 0 aliphatic rings. The first-order chi connectivity index (χ1) is 3.66. The summed E-state index contributed by atoms with van der Waals surface area (Å²) >= 11 is 0. The van der Waals surface area contributed by atoms with Gasteiger partial charge in [0.05, 0.1) is 0 Å². The van der Waals surface area contributed by atoms with Gasteiger partial charge in [0.1, 0.15) is 0 Å². The lowest BCUT2D eigenvalue weighted by molar-refractivity contribution is 0.132. The van der Waals surface area contributed by atoms with Gasteiger partial charge in [0.2, 0.25) is 6.43 Å². The Bertz CT molecular complexity index is 56.4. The van der Waals surface area contributed by atoms with Crippen LogP contribution in [0.5, 0.6) is 0 Å². The van der Waals surface area contributed by atoms with E-state index in [2.05, 4.69) is 0 Å². The summed E-state index contributed by atoms with van der Waals surface area (Å²) in [6.45, 7) is 1.67. The standard InChI is InChI=1S/C5H10F2N/c1-2-4(8)3-5(6)7/h2,4-5H,3,8H2,1H3. The van der Waals surface area contributed by atoms with Crippen LogP contribution in [0.15, 0.2) is 0 Å². The molecule has 1 unspecified atom stereocenters. The third-order valence-corrected chi connectivity index (χ3v) is 0.878. The van der Waals surface area contributed by atoms with Crippen molar-refractivity contribution in [2.45, 2.75) is 25.8 Å². The predicted octanol–water partition coefficient (Wildman–Crippen LogP) is 1.19. The molecule has 0 spiro atoms. The zero-order valence-corrected chi connectivity index (χ0v) is 4.77. The second-order valence-electron chi connectivity index (χ2n) is 1.62. The fraction of sp³-hybridized carbons (Fsp3) is 0.800. The van der Waals surface area contributed by atoms with E-state index in [1.165, 1.54) is 0 Å². The van der Waals surface area contributed by atoms with Crippen LogP contribution in [-0.4, -0.2) is 12.5 Å². The first kappa shape index (κ1) is 7.82. The van der Waals surface area contributed by atoms with Crippen LogP contribution in [0.25, 0.3) is 0 Å². The lowest BCUT2D eigenvalue weighted by Gasteiger charge is -2.04. The first-order valence-electron chi connectivity index (χ1n) is 2.50. The minimum atomic E-state index is -2.28. The lowest BCUT2D eigenvalue weighted by atomic mass is 10.2. The maximum absolute atomic E-state index is 11.4. The summed E-state index contributed by atoms with van der Waals surface area (Å²) in [5.74, 6) is 0. The van der Waals surface area contributed by atoms with Gasteiger partial charge in [-0.15, -0.1) is 0 Å². The summed E-state index contributed by atoms with van der Waals surface area (Å²) in [4.78, 5) is 0. The van der Waals surface area contributed by atoms with E-state index in [9.17, 15) is 8.78 Å². The molecule has 0 aromatic rings. The van der Waals surface area contributed by atoms with E-state index in [4.69, 9.17) is 5.73 Å². The Kier molecular flexibility index (Phi) is 3.69. The molecule has 0 fully saturated rings. The molecule has 0 rings (SSSR count). The van der Waals surface area contributed by atoms with Crippen molar-refractivity contribution in [3.8, 4) is 0 Å². The number of nitrogens with two attached hydrogens (primary N) is 1. The maximum atomic E-state index is 11.4. The Balaban J connectivity index is 3.10. The molecule has 1 atom stereocenters. The van der Waals surface area contributed by atoms with E-state index in [1.54, 1.807) is 13.3 Å². The third-order valence-electron chi connectivity index (χ3n) is 0.878. The Hall–Kier alpha value is -0.180. The highest BCUT2D eigenvalue weighted by Crippen LogP contribution is 2.02. The average Bonchev–Trinajstić information content (AvgIpc) is 1.65. The largest absolute Gasteiger partial charge is 0.327 e. The van der Waals surface area contributed by atoms with E-state index < -0.39 is 12.5 Å². The topological polar surface area (TPSA) is 26.0 Å². The highest BCUT2D eigenvalue weighted by Gasteiger charge is 2.07. The molecule has 0 saturated carbocycles. The molecule has 2 N–H and O–H groups in total. The highest BCUT2D eigenvalue weighted by atomic mass is 19.3. The van der Waals surface area contributed by atoms with E-state index >= 15 is 0 Å². The number of hydrogen-bond acceptors (Lipinski definition) is 1. The smallest absolute Gasteiger partial charge is 0.240 e. The van der Waals surface area contributed by atoms with Gasteiger partial charge in [0.15, 0.2) is 0 Å². The van der Waals surface area contributed by atoms with Gasteiger partial charge in [-0.05, 0) is 6.42 Å². The van der Waals surface area contributed by atoms with Crippen molar-refractivity contribution in [2.24, 2.45) is 5.73 Å². The molecule has 8 heavy (non-hydrogen) atoms. The molecule has 0 amide bonds. The molecular weight excluding hydrogens is 112 g/mol. The van der Waals surface area contributed by atoms with E-state index in [-0.39, 0.29) is 6.42 Å². The quantitative estimate of drug-likeness (QED) is 0.597. The molecule has 49 valence electrons.